The molecule has 0 bridgehead atoms. The van der Waals surface area contributed by atoms with Gasteiger partial charge in [0.05, 0.1) is 15.7 Å². The molecule has 112 valence electrons. The van der Waals surface area contributed by atoms with E-state index in [4.69, 9.17) is 0 Å². The van der Waals surface area contributed by atoms with E-state index in [1.807, 2.05) is 6.92 Å². The number of hydrogen-bond acceptors (Lipinski definition) is 6. The number of nitro benzene ring substituents is 1. The van der Waals surface area contributed by atoms with E-state index in [1.165, 1.54) is 35.6 Å². The van der Waals surface area contributed by atoms with Gasteiger partial charge in [-0.15, -0.1) is 11.3 Å². The minimum absolute atomic E-state index is 0.0655. The summed E-state index contributed by atoms with van der Waals surface area (Å²) in [5.41, 5.74) is 0.429. The molecular formula is C12H13N3O4S2. The minimum atomic E-state index is -3.50. The van der Waals surface area contributed by atoms with Gasteiger partial charge < -0.3 is 0 Å². The summed E-state index contributed by atoms with van der Waals surface area (Å²) in [4.78, 5) is 14.9. The van der Waals surface area contributed by atoms with Crippen LogP contribution < -0.4 is 4.72 Å². The van der Waals surface area contributed by atoms with Crippen LogP contribution in [0.5, 0.6) is 0 Å². The van der Waals surface area contributed by atoms with E-state index >= 15 is 0 Å². The highest BCUT2D eigenvalue weighted by Gasteiger charge is 2.13. The largest absolute Gasteiger partial charge is 0.269 e. The number of hydrogen-bond donors (Lipinski definition) is 1. The molecule has 7 nitrogen and oxygen atoms in total. The van der Waals surface area contributed by atoms with Crippen LogP contribution in [0.2, 0.25) is 0 Å². The van der Waals surface area contributed by atoms with Crippen LogP contribution in [0.1, 0.15) is 15.4 Å². The van der Waals surface area contributed by atoms with Crippen molar-refractivity contribution in [3.05, 3.63) is 56.0 Å². The van der Waals surface area contributed by atoms with Gasteiger partial charge in [-0.25, -0.2) is 18.1 Å². The number of sulfonamides is 1. The molecule has 2 aromatic rings. The van der Waals surface area contributed by atoms with Crippen LogP contribution in [0, 0.1) is 17.0 Å². The summed E-state index contributed by atoms with van der Waals surface area (Å²) in [6.07, 6.45) is 1.63. The number of nitrogens with one attached hydrogen (secondary N) is 1. The molecule has 0 aliphatic heterocycles. The topological polar surface area (TPSA) is 102 Å². The lowest BCUT2D eigenvalue weighted by molar-refractivity contribution is -0.384. The average molecular weight is 327 g/mol. The van der Waals surface area contributed by atoms with Crippen LogP contribution in [0.4, 0.5) is 5.69 Å². The van der Waals surface area contributed by atoms with Gasteiger partial charge in [-0.2, -0.15) is 0 Å². The number of non-ortho nitro benzene ring substituents is 1. The lowest BCUT2D eigenvalue weighted by Gasteiger charge is -2.05. The van der Waals surface area contributed by atoms with E-state index in [9.17, 15) is 18.5 Å². The molecule has 1 aromatic heterocycles. The second-order valence-electron chi connectivity index (χ2n) is 4.35. The molecule has 0 aliphatic carbocycles. The first-order valence-corrected chi connectivity index (χ1v) is 8.44. The van der Waals surface area contributed by atoms with Crippen LogP contribution in [-0.4, -0.2) is 18.3 Å². The van der Waals surface area contributed by atoms with Crippen molar-refractivity contribution >= 4 is 27.0 Å². The molecule has 0 aliphatic rings. The molecule has 0 unspecified atom stereocenters. The smallest absolute Gasteiger partial charge is 0.258 e. The first kappa shape index (κ1) is 15.5. The van der Waals surface area contributed by atoms with Crippen molar-refractivity contribution in [3.8, 4) is 0 Å². The monoisotopic (exact) mass is 327 g/mol. The van der Waals surface area contributed by atoms with Crippen molar-refractivity contribution in [3.63, 3.8) is 0 Å². The third kappa shape index (κ3) is 4.59. The van der Waals surface area contributed by atoms with E-state index in [1.54, 1.807) is 6.20 Å². The van der Waals surface area contributed by atoms with Crippen molar-refractivity contribution in [2.24, 2.45) is 0 Å². The van der Waals surface area contributed by atoms with E-state index in [2.05, 4.69) is 9.71 Å². The normalized spacial score (nSPS) is 11.5. The number of thiazole rings is 1. The molecule has 0 radical (unpaired) electrons. The highest BCUT2D eigenvalue weighted by molar-refractivity contribution is 7.88. The predicted molar refractivity (Wildman–Crippen MR) is 79.4 cm³/mol. The summed E-state index contributed by atoms with van der Waals surface area (Å²) >= 11 is 1.43. The van der Waals surface area contributed by atoms with Crippen LogP contribution in [0.25, 0.3) is 0 Å². The zero-order valence-electron chi connectivity index (χ0n) is 11.1. The molecule has 1 N–H and O–H groups in total. The van der Waals surface area contributed by atoms with Crippen molar-refractivity contribution < 1.29 is 13.3 Å². The summed E-state index contributed by atoms with van der Waals surface area (Å²) in [7, 11) is -3.50. The van der Waals surface area contributed by atoms with Crippen LogP contribution in [0.3, 0.4) is 0 Å². The van der Waals surface area contributed by atoms with Gasteiger partial charge in [0.25, 0.3) is 5.69 Å². The number of benzene rings is 1. The summed E-state index contributed by atoms with van der Waals surface area (Å²) in [6, 6.07) is 5.46. The lowest BCUT2D eigenvalue weighted by Crippen LogP contribution is -2.24. The molecule has 0 saturated carbocycles. The van der Waals surface area contributed by atoms with Gasteiger partial charge in [0.2, 0.25) is 10.0 Å². The van der Waals surface area contributed by atoms with Gasteiger partial charge in [-0.1, -0.05) is 12.1 Å². The Morgan fingerprint density at radius 1 is 1.33 bits per heavy atom. The molecule has 0 atom stereocenters. The minimum Gasteiger partial charge on any atom is -0.258 e. The van der Waals surface area contributed by atoms with E-state index in [0.717, 1.165) is 9.88 Å². The van der Waals surface area contributed by atoms with Crippen molar-refractivity contribution in [2.75, 3.05) is 0 Å². The second kappa shape index (κ2) is 6.29. The standard InChI is InChI=1S/C12H13N3O4S2/c1-9-13-6-12(20-9)7-14-21(18,19)8-10-2-4-11(5-3-10)15(16)17/h2-6,14H,7-8H2,1H3. The molecule has 21 heavy (non-hydrogen) atoms. The SMILES string of the molecule is Cc1ncc(CNS(=O)(=O)Cc2ccc([N+](=O)[O-])cc2)s1. The molecule has 0 fully saturated rings. The Bertz CT molecular complexity index is 738. The Kier molecular flexibility index (Phi) is 4.66. The van der Waals surface area contributed by atoms with Crippen molar-refractivity contribution in [1.82, 2.24) is 9.71 Å². The summed E-state index contributed by atoms with van der Waals surface area (Å²) < 4.78 is 26.4. The number of nitrogens with zero attached hydrogens (tertiary/aromatic N) is 2. The predicted octanol–water partition coefficient (Wildman–Crippen LogP) is 1.98. The van der Waals surface area contributed by atoms with E-state index < -0.39 is 14.9 Å². The first-order chi connectivity index (χ1) is 9.85. The first-order valence-electron chi connectivity index (χ1n) is 5.98. The summed E-state index contributed by atoms with van der Waals surface area (Å²) in [5, 5.41) is 11.4. The highest BCUT2D eigenvalue weighted by Crippen LogP contribution is 2.15. The molecule has 9 heteroatoms. The average Bonchev–Trinajstić information content (AvgIpc) is 2.83. The number of rotatable bonds is 6. The summed E-state index contributed by atoms with van der Waals surface area (Å²) in [6.45, 7) is 2.04. The molecule has 1 aromatic carbocycles. The van der Waals surface area contributed by atoms with E-state index in [-0.39, 0.29) is 18.0 Å². The van der Waals surface area contributed by atoms with Gasteiger partial charge in [-0.3, -0.25) is 10.1 Å². The Morgan fingerprint density at radius 2 is 2.00 bits per heavy atom. The molecular weight excluding hydrogens is 314 g/mol. The third-order valence-corrected chi connectivity index (χ3v) is 4.85. The van der Waals surface area contributed by atoms with Crippen LogP contribution >= 0.6 is 11.3 Å². The van der Waals surface area contributed by atoms with Crippen molar-refractivity contribution in [1.29, 1.82) is 0 Å². The number of aryl methyl sites for hydroxylation is 1. The zero-order chi connectivity index (χ0) is 15.5. The van der Waals surface area contributed by atoms with Crippen LogP contribution in [-0.2, 0) is 22.3 Å². The molecule has 2 rings (SSSR count). The lowest BCUT2D eigenvalue weighted by atomic mass is 10.2. The van der Waals surface area contributed by atoms with Crippen LogP contribution in [0.15, 0.2) is 30.5 Å². The number of aromatic nitrogens is 1. The molecule has 0 amide bonds. The fourth-order valence-electron chi connectivity index (χ4n) is 1.65. The Morgan fingerprint density at radius 3 is 2.52 bits per heavy atom. The Balaban J connectivity index is 1.98. The third-order valence-electron chi connectivity index (χ3n) is 2.64. The van der Waals surface area contributed by atoms with Gasteiger partial charge in [0, 0.05) is 29.8 Å². The Labute approximate surface area is 125 Å². The molecule has 0 spiro atoms. The van der Waals surface area contributed by atoms with Gasteiger partial charge in [0.1, 0.15) is 0 Å². The van der Waals surface area contributed by atoms with Gasteiger partial charge >= 0.3 is 0 Å². The zero-order valence-corrected chi connectivity index (χ0v) is 12.8. The maximum Gasteiger partial charge on any atom is 0.269 e. The maximum absolute atomic E-state index is 11.9. The number of nitro groups is 1. The molecule has 1 heterocycles. The van der Waals surface area contributed by atoms with Gasteiger partial charge in [0.15, 0.2) is 0 Å². The van der Waals surface area contributed by atoms with E-state index in [0.29, 0.717) is 5.56 Å². The maximum atomic E-state index is 11.9. The van der Waals surface area contributed by atoms with Gasteiger partial charge in [-0.05, 0) is 12.5 Å². The highest BCUT2D eigenvalue weighted by atomic mass is 32.2. The van der Waals surface area contributed by atoms with Crippen molar-refractivity contribution in [2.45, 2.75) is 19.2 Å². The second-order valence-corrected chi connectivity index (χ2v) is 7.48. The molecule has 0 saturated heterocycles. The fourth-order valence-corrected chi connectivity index (χ4v) is 3.59. The quantitative estimate of drug-likeness (QED) is 0.645. The summed E-state index contributed by atoms with van der Waals surface area (Å²) in [5.74, 6) is -0.219. The Hall–Kier alpha value is -1.84. The fraction of sp³-hybridized carbons (Fsp3) is 0.250.